The van der Waals surface area contributed by atoms with E-state index in [0.717, 1.165) is 34.4 Å². The van der Waals surface area contributed by atoms with Gasteiger partial charge in [0.1, 0.15) is 5.75 Å². The number of para-hydroxylation sites is 1. The van der Waals surface area contributed by atoms with Crippen LogP contribution >= 0.6 is 11.8 Å². The number of thioether (sulfide) groups is 1. The normalized spacial score (nSPS) is 11.2. The highest BCUT2D eigenvalue weighted by Crippen LogP contribution is 2.29. The van der Waals surface area contributed by atoms with E-state index in [9.17, 15) is 0 Å². The number of hydrogen-bond donors (Lipinski definition) is 1. The zero-order valence-corrected chi connectivity index (χ0v) is 16.2. The first kappa shape index (κ1) is 17.7. The number of aryl methyl sites for hydroxylation is 2. The number of rotatable bonds is 7. The predicted molar refractivity (Wildman–Crippen MR) is 108 cm³/mol. The van der Waals surface area contributed by atoms with E-state index >= 15 is 0 Å². The molecule has 0 saturated heterocycles. The van der Waals surface area contributed by atoms with E-state index in [1.54, 1.807) is 11.8 Å². The van der Waals surface area contributed by atoms with Gasteiger partial charge in [-0.3, -0.25) is 0 Å². The molecular weight excluding hydrogens is 358 g/mol. The number of aromatic amines is 1. The van der Waals surface area contributed by atoms with E-state index in [2.05, 4.69) is 47.2 Å². The Kier molecular flexibility index (Phi) is 5.16. The summed E-state index contributed by atoms with van der Waals surface area (Å²) in [6.07, 6.45) is 2.81. The van der Waals surface area contributed by atoms with Gasteiger partial charge in [0.05, 0.1) is 12.2 Å². The predicted octanol–water partition coefficient (Wildman–Crippen LogP) is 5.40. The van der Waals surface area contributed by atoms with Crippen LogP contribution in [0.15, 0.2) is 58.3 Å². The van der Waals surface area contributed by atoms with Crippen LogP contribution in [0.2, 0.25) is 0 Å². The van der Waals surface area contributed by atoms with Gasteiger partial charge in [0, 0.05) is 22.9 Å². The lowest BCUT2D eigenvalue weighted by molar-refractivity contribution is 0.318. The Bertz CT molecular complexity index is 1030. The quantitative estimate of drug-likeness (QED) is 0.344. The smallest absolute Gasteiger partial charge is 0.276 e. The Hall–Kier alpha value is -2.73. The lowest BCUT2D eigenvalue weighted by Gasteiger charge is -2.07. The van der Waals surface area contributed by atoms with Crippen LogP contribution in [0.25, 0.3) is 22.4 Å². The molecule has 0 amide bonds. The summed E-state index contributed by atoms with van der Waals surface area (Å²) < 4.78 is 11.6. The summed E-state index contributed by atoms with van der Waals surface area (Å²) in [4.78, 5) is 3.23. The molecule has 0 spiro atoms. The van der Waals surface area contributed by atoms with E-state index in [1.165, 1.54) is 11.1 Å². The van der Waals surface area contributed by atoms with Crippen LogP contribution in [0.4, 0.5) is 0 Å². The first-order valence-electron chi connectivity index (χ1n) is 8.93. The van der Waals surface area contributed by atoms with Crippen LogP contribution in [0.3, 0.4) is 0 Å². The van der Waals surface area contributed by atoms with Gasteiger partial charge in [-0.2, -0.15) is 0 Å². The molecule has 4 aromatic rings. The number of fused-ring (bicyclic) bond motifs is 1. The molecule has 0 unspecified atom stereocenters. The molecule has 4 rings (SSSR count). The lowest BCUT2D eigenvalue weighted by Crippen LogP contribution is -1.99. The average molecular weight is 379 g/mol. The van der Waals surface area contributed by atoms with E-state index < -0.39 is 0 Å². The Balaban J connectivity index is 1.30. The highest BCUT2D eigenvalue weighted by atomic mass is 32.2. The van der Waals surface area contributed by atoms with Crippen molar-refractivity contribution in [2.45, 2.75) is 25.5 Å². The monoisotopic (exact) mass is 379 g/mol. The molecule has 0 bridgehead atoms. The van der Waals surface area contributed by atoms with Crippen LogP contribution in [-0.2, 0) is 0 Å². The lowest BCUT2D eigenvalue weighted by atomic mass is 10.1. The van der Waals surface area contributed by atoms with Crippen molar-refractivity contribution >= 4 is 22.7 Å². The van der Waals surface area contributed by atoms with Crippen molar-refractivity contribution in [3.63, 3.8) is 0 Å². The van der Waals surface area contributed by atoms with Crippen LogP contribution < -0.4 is 4.74 Å². The molecule has 138 valence electrons. The standard InChI is InChI=1S/C21H21N3O2S/c1-14-10-15(2)12-16(11-14)25-8-5-9-27-21-24-23-20(26-21)18-13-22-19-7-4-3-6-17(18)19/h3-4,6-7,10-13,22H,5,8-9H2,1-2H3. The van der Waals surface area contributed by atoms with Crippen molar-refractivity contribution in [2.24, 2.45) is 0 Å². The highest BCUT2D eigenvalue weighted by Gasteiger charge is 2.13. The fourth-order valence-electron chi connectivity index (χ4n) is 3.05. The number of benzene rings is 2. The van der Waals surface area contributed by atoms with Crippen LogP contribution in [0.1, 0.15) is 17.5 Å². The van der Waals surface area contributed by atoms with Crippen molar-refractivity contribution in [3.8, 4) is 17.2 Å². The molecule has 0 aliphatic rings. The number of nitrogens with one attached hydrogen (secondary N) is 1. The molecule has 1 N–H and O–H groups in total. The molecule has 0 aliphatic heterocycles. The minimum Gasteiger partial charge on any atom is -0.494 e. The molecule has 2 aromatic carbocycles. The maximum Gasteiger partial charge on any atom is 0.276 e. The summed E-state index contributed by atoms with van der Waals surface area (Å²) in [5, 5.41) is 10.0. The van der Waals surface area contributed by atoms with E-state index in [1.807, 2.05) is 30.5 Å². The number of H-pyrrole nitrogens is 1. The van der Waals surface area contributed by atoms with E-state index in [0.29, 0.717) is 17.7 Å². The zero-order valence-electron chi connectivity index (χ0n) is 15.4. The first-order valence-corrected chi connectivity index (χ1v) is 9.91. The fourth-order valence-corrected chi connectivity index (χ4v) is 3.72. The van der Waals surface area contributed by atoms with Gasteiger partial charge in [-0.1, -0.05) is 36.0 Å². The van der Waals surface area contributed by atoms with Crippen molar-refractivity contribution in [3.05, 3.63) is 59.8 Å². The maximum absolute atomic E-state index is 5.83. The minimum atomic E-state index is 0.543. The second-order valence-corrected chi connectivity index (χ2v) is 7.54. The van der Waals surface area contributed by atoms with Crippen molar-refractivity contribution in [2.75, 3.05) is 12.4 Å². The summed E-state index contributed by atoms with van der Waals surface area (Å²) in [7, 11) is 0. The van der Waals surface area contributed by atoms with Gasteiger partial charge in [0.25, 0.3) is 11.1 Å². The third-order valence-electron chi connectivity index (χ3n) is 4.20. The molecule has 0 fully saturated rings. The van der Waals surface area contributed by atoms with Gasteiger partial charge in [0.15, 0.2) is 0 Å². The summed E-state index contributed by atoms with van der Waals surface area (Å²) in [6.45, 7) is 4.83. The zero-order chi connectivity index (χ0) is 18.6. The SMILES string of the molecule is Cc1cc(C)cc(OCCCSc2nnc(-c3c[nH]c4ccccc34)o2)c1. The second-order valence-electron chi connectivity index (χ2n) is 6.49. The average Bonchev–Trinajstić information content (AvgIpc) is 3.27. The fraction of sp³-hybridized carbons (Fsp3) is 0.238. The minimum absolute atomic E-state index is 0.543. The Morgan fingerprint density at radius 3 is 2.74 bits per heavy atom. The number of ether oxygens (including phenoxy) is 1. The summed E-state index contributed by atoms with van der Waals surface area (Å²) >= 11 is 1.55. The summed E-state index contributed by atoms with van der Waals surface area (Å²) in [5.74, 6) is 2.33. The van der Waals surface area contributed by atoms with Crippen LogP contribution in [-0.4, -0.2) is 27.5 Å². The first-order chi connectivity index (χ1) is 13.2. The van der Waals surface area contributed by atoms with Crippen molar-refractivity contribution in [1.82, 2.24) is 15.2 Å². The maximum atomic E-state index is 5.83. The topological polar surface area (TPSA) is 63.9 Å². The molecule has 2 heterocycles. The third-order valence-corrected chi connectivity index (χ3v) is 5.11. The van der Waals surface area contributed by atoms with Gasteiger partial charge >= 0.3 is 0 Å². The molecule has 0 aliphatic carbocycles. The third kappa shape index (κ3) is 4.17. The molecule has 0 radical (unpaired) electrons. The number of hydrogen-bond acceptors (Lipinski definition) is 5. The van der Waals surface area contributed by atoms with Gasteiger partial charge in [-0.15, -0.1) is 10.2 Å². The molecule has 27 heavy (non-hydrogen) atoms. The van der Waals surface area contributed by atoms with Crippen molar-refractivity contribution in [1.29, 1.82) is 0 Å². The van der Waals surface area contributed by atoms with E-state index in [4.69, 9.17) is 9.15 Å². The molecule has 2 aromatic heterocycles. The van der Waals surface area contributed by atoms with Gasteiger partial charge in [0.2, 0.25) is 0 Å². The second kappa shape index (κ2) is 7.88. The van der Waals surface area contributed by atoms with Crippen molar-refractivity contribution < 1.29 is 9.15 Å². The Labute approximate surface area is 162 Å². The van der Waals surface area contributed by atoms with Crippen LogP contribution in [0.5, 0.6) is 5.75 Å². The molecule has 0 saturated carbocycles. The molecular formula is C21H21N3O2S. The van der Waals surface area contributed by atoms with Gasteiger partial charge in [-0.25, -0.2) is 0 Å². The largest absolute Gasteiger partial charge is 0.494 e. The van der Waals surface area contributed by atoms with Gasteiger partial charge < -0.3 is 14.1 Å². The molecule has 0 atom stereocenters. The molecule has 6 heteroatoms. The summed E-state index contributed by atoms with van der Waals surface area (Å²) in [6, 6.07) is 14.3. The Morgan fingerprint density at radius 1 is 1.07 bits per heavy atom. The van der Waals surface area contributed by atoms with E-state index in [-0.39, 0.29) is 0 Å². The molecule has 5 nitrogen and oxygen atoms in total. The number of aromatic nitrogens is 3. The number of nitrogens with zero attached hydrogens (tertiary/aromatic N) is 2. The van der Waals surface area contributed by atoms with Crippen LogP contribution in [0, 0.1) is 13.8 Å². The van der Waals surface area contributed by atoms with Gasteiger partial charge in [-0.05, 0) is 49.6 Å². The highest BCUT2D eigenvalue weighted by molar-refractivity contribution is 7.99. The Morgan fingerprint density at radius 2 is 1.89 bits per heavy atom. The summed E-state index contributed by atoms with van der Waals surface area (Å²) in [5.41, 5.74) is 4.43.